The van der Waals surface area contributed by atoms with Crippen LogP contribution in [0.3, 0.4) is 0 Å². The first kappa shape index (κ1) is 22.8. The average Bonchev–Trinajstić information content (AvgIpc) is 2.73. The summed E-state index contributed by atoms with van der Waals surface area (Å²) in [5.41, 5.74) is 0.479. The van der Waals surface area contributed by atoms with Gasteiger partial charge in [0.2, 0.25) is 5.91 Å². The second-order valence-electron chi connectivity index (χ2n) is 6.37. The zero-order valence-electron chi connectivity index (χ0n) is 16.9. The summed E-state index contributed by atoms with van der Waals surface area (Å²) in [4.78, 5) is 37.7. The third-order valence-electron chi connectivity index (χ3n) is 4.03. The van der Waals surface area contributed by atoms with Crippen molar-refractivity contribution < 1.29 is 33.0 Å². The molecule has 0 saturated carbocycles. The molecular formula is C21H23FN2O6. The highest BCUT2D eigenvalue weighted by Gasteiger charge is 2.15. The summed E-state index contributed by atoms with van der Waals surface area (Å²) in [5, 5.41) is 2.65. The van der Waals surface area contributed by atoms with E-state index < -0.39 is 11.9 Å². The average molecular weight is 418 g/mol. The molecular weight excluding hydrogens is 395 g/mol. The van der Waals surface area contributed by atoms with Crippen molar-refractivity contribution in [3.8, 4) is 5.75 Å². The van der Waals surface area contributed by atoms with Gasteiger partial charge in [-0.3, -0.25) is 9.69 Å². The number of carbonyl (C=O) groups excluding carboxylic acids is 3. The summed E-state index contributed by atoms with van der Waals surface area (Å²) in [5.74, 6) is -1.46. The Morgan fingerprint density at radius 1 is 0.967 bits per heavy atom. The van der Waals surface area contributed by atoms with E-state index >= 15 is 0 Å². The van der Waals surface area contributed by atoms with Crippen molar-refractivity contribution in [2.24, 2.45) is 0 Å². The maximum atomic E-state index is 12.9. The highest BCUT2D eigenvalue weighted by molar-refractivity contribution is 5.99. The minimum Gasteiger partial charge on any atom is -0.492 e. The van der Waals surface area contributed by atoms with E-state index in [1.165, 1.54) is 56.7 Å². The number of anilines is 1. The molecule has 0 aromatic heterocycles. The molecule has 1 amide bonds. The Kier molecular flexibility index (Phi) is 8.30. The van der Waals surface area contributed by atoms with E-state index in [1.54, 1.807) is 11.9 Å². The first-order chi connectivity index (χ1) is 14.3. The third kappa shape index (κ3) is 6.85. The molecule has 0 bridgehead atoms. The quantitative estimate of drug-likeness (QED) is 0.625. The molecule has 0 heterocycles. The van der Waals surface area contributed by atoms with Gasteiger partial charge in [0, 0.05) is 12.2 Å². The van der Waals surface area contributed by atoms with Crippen LogP contribution in [0.5, 0.6) is 5.75 Å². The van der Waals surface area contributed by atoms with Crippen molar-refractivity contribution >= 4 is 23.5 Å². The highest BCUT2D eigenvalue weighted by Crippen LogP contribution is 2.17. The summed E-state index contributed by atoms with van der Waals surface area (Å²) in [6.45, 7) is 0.795. The Hall–Kier alpha value is -3.46. The van der Waals surface area contributed by atoms with Gasteiger partial charge >= 0.3 is 11.9 Å². The van der Waals surface area contributed by atoms with Gasteiger partial charge in [-0.25, -0.2) is 14.0 Å². The lowest BCUT2D eigenvalue weighted by atomic mass is 10.1. The maximum absolute atomic E-state index is 12.9. The normalized spacial score (nSPS) is 10.4. The molecule has 0 fully saturated rings. The Balaban J connectivity index is 1.93. The van der Waals surface area contributed by atoms with E-state index in [-0.39, 0.29) is 35.1 Å². The van der Waals surface area contributed by atoms with Crippen LogP contribution in [0.15, 0.2) is 42.5 Å². The van der Waals surface area contributed by atoms with Crippen LogP contribution in [0, 0.1) is 5.82 Å². The van der Waals surface area contributed by atoms with Gasteiger partial charge in [-0.2, -0.15) is 0 Å². The van der Waals surface area contributed by atoms with Crippen molar-refractivity contribution in [2.75, 3.05) is 46.3 Å². The number of halogens is 1. The van der Waals surface area contributed by atoms with Crippen LogP contribution in [-0.4, -0.2) is 63.7 Å². The summed E-state index contributed by atoms with van der Waals surface area (Å²) in [7, 11) is 4.17. The van der Waals surface area contributed by atoms with E-state index in [0.29, 0.717) is 18.9 Å². The number of hydrogen-bond acceptors (Lipinski definition) is 7. The molecule has 0 atom stereocenters. The lowest BCUT2D eigenvalue weighted by Gasteiger charge is -2.17. The third-order valence-corrected chi connectivity index (χ3v) is 4.03. The first-order valence-corrected chi connectivity index (χ1v) is 9.01. The standard InChI is InChI=1S/C21H23FN2O6/c1-24(8-9-30-18-6-4-16(22)5-7-18)13-19(25)23-17-11-14(20(26)28-2)10-15(12-17)21(27)29-3/h4-7,10-12H,8-9,13H2,1-3H3,(H,23,25). The van der Waals surface area contributed by atoms with E-state index in [0.717, 1.165) is 0 Å². The Morgan fingerprint density at radius 3 is 2.07 bits per heavy atom. The highest BCUT2D eigenvalue weighted by atomic mass is 19.1. The molecule has 160 valence electrons. The van der Waals surface area contributed by atoms with Crippen LogP contribution >= 0.6 is 0 Å². The molecule has 2 rings (SSSR count). The fraction of sp³-hybridized carbons (Fsp3) is 0.286. The van der Waals surface area contributed by atoms with Gasteiger partial charge in [-0.1, -0.05) is 0 Å². The largest absolute Gasteiger partial charge is 0.492 e. The molecule has 0 aliphatic rings. The van der Waals surface area contributed by atoms with E-state index in [2.05, 4.69) is 14.8 Å². The van der Waals surface area contributed by atoms with Gasteiger partial charge in [-0.15, -0.1) is 0 Å². The molecule has 0 spiro atoms. The van der Waals surface area contributed by atoms with Gasteiger partial charge < -0.3 is 19.5 Å². The van der Waals surface area contributed by atoms with Crippen molar-refractivity contribution in [3.05, 3.63) is 59.4 Å². The number of methoxy groups -OCH3 is 2. The Labute approximate surface area is 173 Å². The van der Waals surface area contributed by atoms with Crippen LogP contribution in [0.4, 0.5) is 10.1 Å². The lowest BCUT2D eigenvalue weighted by molar-refractivity contribution is -0.117. The predicted octanol–water partition coefficient (Wildman–Crippen LogP) is 2.35. The summed E-state index contributed by atoms with van der Waals surface area (Å²) < 4.78 is 27.7. The van der Waals surface area contributed by atoms with E-state index in [4.69, 9.17) is 4.74 Å². The zero-order chi connectivity index (χ0) is 22.1. The topological polar surface area (TPSA) is 94.2 Å². The Bertz CT molecular complexity index is 867. The monoisotopic (exact) mass is 418 g/mol. The molecule has 0 aliphatic carbocycles. The first-order valence-electron chi connectivity index (χ1n) is 9.01. The zero-order valence-corrected chi connectivity index (χ0v) is 16.9. The molecule has 0 unspecified atom stereocenters. The number of hydrogen-bond donors (Lipinski definition) is 1. The lowest BCUT2D eigenvalue weighted by Crippen LogP contribution is -2.33. The number of rotatable bonds is 9. The van der Waals surface area contributed by atoms with Crippen LogP contribution < -0.4 is 10.1 Å². The number of likely N-dealkylation sites (N-methyl/N-ethyl adjacent to an activating group) is 1. The summed E-state index contributed by atoms with van der Waals surface area (Å²) in [6.07, 6.45) is 0. The van der Waals surface area contributed by atoms with Gasteiger partial charge in [0.05, 0.1) is 31.9 Å². The molecule has 0 aliphatic heterocycles. The number of nitrogens with zero attached hydrogens (tertiary/aromatic N) is 1. The van der Waals surface area contributed by atoms with Crippen molar-refractivity contribution in [1.29, 1.82) is 0 Å². The van der Waals surface area contributed by atoms with Gasteiger partial charge in [0.25, 0.3) is 0 Å². The van der Waals surface area contributed by atoms with Crippen LogP contribution in [0.1, 0.15) is 20.7 Å². The van der Waals surface area contributed by atoms with E-state index in [1.807, 2.05) is 0 Å². The molecule has 0 saturated heterocycles. The predicted molar refractivity (Wildman–Crippen MR) is 107 cm³/mol. The fourth-order valence-corrected chi connectivity index (χ4v) is 2.55. The van der Waals surface area contributed by atoms with Crippen LogP contribution in [0.2, 0.25) is 0 Å². The second-order valence-corrected chi connectivity index (χ2v) is 6.37. The van der Waals surface area contributed by atoms with Crippen molar-refractivity contribution in [1.82, 2.24) is 4.90 Å². The summed E-state index contributed by atoms with van der Waals surface area (Å²) >= 11 is 0. The molecule has 0 radical (unpaired) electrons. The van der Waals surface area contributed by atoms with E-state index in [9.17, 15) is 18.8 Å². The molecule has 1 N–H and O–H groups in total. The van der Waals surface area contributed by atoms with Gasteiger partial charge in [0.15, 0.2) is 0 Å². The van der Waals surface area contributed by atoms with Crippen LogP contribution in [-0.2, 0) is 14.3 Å². The van der Waals surface area contributed by atoms with Crippen molar-refractivity contribution in [3.63, 3.8) is 0 Å². The minimum atomic E-state index is -0.647. The smallest absolute Gasteiger partial charge is 0.337 e. The molecule has 8 nitrogen and oxygen atoms in total. The Morgan fingerprint density at radius 2 is 1.53 bits per heavy atom. The number of esters is 2. The van der Waals surface area contributed by atoms with Gasteiger partial charge in [-0.05, 0) is 49.5 Å². The number of carbonyl (C=O) groups is 3. The number of nitrogens with one attached hydrogen (secondary N) is 1. The summed E-state index contributed by atoms with van der Waals surface area (Å²) in [6, 6.07) is 9.80. The number of ether oxygens (including phenoxy) is 3. The number of amides is 1. The van der Waals surface area contributed by atoms with Crippen molar-refractivity contribution in [2.45, 2.75) is 0 Å². The van der Waals surface area contributed by atoms with Gasteiger partial charge in [0.1, 0.15) is 18.2 Å². The molecule has 9 heteroatoms. The maximum Gasteiger partial charge on any atom is 0.337 e. The SMILES string of the molecule is COC(=O)c1cc(NC(=O)CN(C)CCOc2ccc(F)cc2)cc(C(=O)OC)c1. The minimum absolute atomic E-state index is 0.0444. The molecule has 2 aromatic rings. The molecule has 2 aromatic carbocycles. The molecule has 30 heavy (non-hydrogen) atoms. The second kappa shape index (κ2) is 10.9. The van der Waals surface area contributed by atoms with Crippen LogP contribution in [0.25, 0.3) is 0 Å². The fourth-order valence-electron chi connectivity index (χ4n) is 2.55. The number of benzene rings is 2.